The standard InChI is InChI=1S/C22H22F4N5O3P/c1-4-35(34,5-2)16-8-9-27-19-18(16)30(15-11-29(12-15)20(32)13(3)23)21(33)31(19)14-6-7-17(28-10-14)22(24,25)26/h6-10,15H,3-5,11-12H2,1-2H3. The molecular weight excluding hydrogens is 489 g/mol. The summed E-state index contributed by atoms with van der Waals surface area (Å²) in [6.45, 7) is 6.54. The fourth-order valence-electron chi connectivity index (χ4n) is 4.23. The molecule has 0 unspecified atom stereocenters. The van der Waals surface area contributed by atoms with Gasteiger partial charge in [0.1, 0.15) is 18.4 Å². The van der Waals surface area contributed by atoms with Gasteiger partial charge in [-0.1, -0.05) is 20.4 Å². The van der Waals surface area contributed by atoms with Crippen LogP contribution < -0.4 is 11.0 Å². The molecule has 0 spiro atoms. The predicted molar refractivity (Wildman–Crippen MR) is 122 cm³/mol. The first-order valence-electron chi connectivity index (χ1n) is 10.8. The van der Waals surface area contributed by atoms with Crippen molar-refractivity contribution in [3.8, 4) is 5.69 Å². The smallest absolute Gasteiger partial charge is 0.332 e. The molecule has 1 amide bonds. The highest BCUT2D eigenvalue weighted by molar-refractivity contribution is 7.72. The summed E-state index contributed by atoms with van der Waals surface area (Å²) in [6.07, 6.45) is -1.69. The highest BCUT2D eigenvalue weighted by Crippen LogP contribution is 2.45. The molecule has 13 heteroatoms. The molecule has 3 aromatic rings. The number of carbonyl (C=O) groups is 1. The molecule has 1 aliphatic rings. The minimum Gasteiger partial charge on any atom is -0.332 e. The SMILES string of the molecule is C=C(F)C(=O)N1CC(n2c(=O)n(-c3ccc(C(F)(F)F)nc3)c3nccc(P(=O)(CC)CC)c32)C1. The number of aromatic nitrogens is 4. The summed E-state index contributed by atoms with van der Waals surface area (Å²) in [7, 11) is -2.94. The number of amides is 1. The van der Waals surface area contributed by atoms with Gasteiger partial charge in [-0.05, 0) is 18.2 Å². The minimum absolute atomic E-state index is 0.00292. The van der Waals surface area contributed by atoms with Gasteiger partial charge in [-0.25, -0.2) is 23.7 Å². The lowest BCUT2D eigenvalue weighted by molar-refractivity contribution is -0.141. The second-order valence-electron chi connectivity index (χ2n) is 8.18. The van der Waals surface area contributed by atoms with Crippen molar-refractivity contribution in [3.63, 3.8) is 0 Å². The molecule has 3 aromatic heterocycles. The first-order chi connectivity index (χ1) is 16.4. The van der Waals surface area contributed by atoms with E-state index < -0.39 is 42.5 Å². The van der Waals surface area contributed by atoms with Crippen LogP contribution >= 0.6 is 7.14 Å². The van der Waals surface area contributed by atoms with Crippen molar-refractivity contribution < 1.29 is 26.9 Å². The summed E-state index contributed by atoms with van der Waals surface area (Å²) in [6, 6.07) is 2.86. The van der Waals surface area contributed by atoms with E-state index in [-0.39, 0.29) is 29.9 Å². The highest BCUT2D eigenvalue weighted by Gasteiger charge is 2.38. The zero-order valence-electron chi connectivity index (χ0n) is 18.9. The third kappa shape index (κ3) is 4.09. The Morgan fingerprint density at radius 2 is 1.83 bits per heavy atom. The number of nitrogens with zero attached hydrogens (tertiary/aromatic N) is 5. The molecule has 4 rings (SSSR count). The van der Waals surface area contributed by atoms with Gasteiger partial charge in [0.25, 0.3) is 5.91 Å². The first kappa shape index (κ1) is 24.8. The van der Waals surface area contributed by atoms with E-state index in [2.05, 4.69) is 16.5 Å². The summed E-state index contributed by atoms with van der Waals surface area (Å²) in [5, 5.41) is 0.419. The highest BCUT2D eigenvalue weighted by atomic mass is 31.2. The number of imidazole rings is 1. The van der Waals surface area contributed by atoms with Crippen molar-refractivity contribution in [2.75, 3.05) is 25.4 Å². The van der Waals surface area contributed by atoms with E-state index in [9.17, 15) is 31.7 Å². The van der Waals surface area contributed by atoms with Gasteiger partial charge >= 0.3 is 11.9 Å². The Hall–Kier alpha value is -3.27. The Bertz CT molecular complexity index is 1410. The molecule has 0 N–H and O–H groups in total. The molecule has 0 radical (unpaired) electrons. The number of rotatable bonds is 6. The van der Waals surface area contributed by atoms with E-state index >= 15 is 0 Å². The van der Waals surface area contributed by atoms with Gasteiger partial charge in [0.15, 0.2) is 11.5 Å². The van der Waals surface area contributed by atoms with E-state index in [0.29, 0.717) is 17.6 Å². The number of halogens is 4. The van der Waals surface area contributed by atoms with E-state index in [4.69, 9.17) is 0 Å². The number of carbonyl (C=O) groups excluding carboxylic acids is 1. The van der Waals surface area contributed by atoms with Gasteiger partial charge in [0, 0.05) is 36.9 Å². The number of fused-ring (bicyclic) bond motifs is 1. The summed E-state index contributed by atoms with van der Waals surface area (Å²) >= 11 is 0. The summed E-state index contributed by atoms with van der Waals surface area (Å²) in [5.74, 6) is -2.02. The van der Waals surface area contributed by atoms with Gasteiger partial charge in [-0.3, -0.25) is 9.36 Å². The Labute approximate surface area is 197 Å². The second-order valence-corrected chi connectivity index (χ2v) is 11.7. The molecule has 0 aromatic carbocycles. The van der Waals surface area contributed by atoms with Gasteiger partial charge in [-0.2, -0.15) is 13.2 Å². The Balaban J connectivity index is 1.94. The van der Waals surface area contributed by atoms with Crippen LogP contribution in [0.2, 0.25) is 0 Å². The molecule has 0 atom stereocenters. The molecular formula is C22H22F4N5O3P. The van der Waals surface area contributed by atoms with Crippen molar-refractivity contribution in [1.82, 2.24) is 24.0 Å². The topological polar surface area (TPSA) is 90.1 Å². The van der Waals surface area contributed by atoms with Crippen molar-refractivity contribution in [2.24, 2.45) is 0 Å². The largest absolute Gasteiger partial charge is 0.433 e. The quantitative estimate of drug-likeness (QED) is 0.287. The molecule has 0 saturated carbocycles. The summed E-state index contributed by atoms with van der Waals surface area (Å²) in [5.41, 5.74) is -1.33. The predicted octanol–water partition coefficient (Wildman–Crippen LogP) is 3.50. The van der Waals surface area contributed by atoms with Gasteiger partial charge in [0.2, 0.25) is 0 Å². The maximum atomic E-state index is 13.7. The first-order valence-corrected chi connectivity index (χ1v) is 12.9. The Morgan fingerprint density at radius 3 is 2.34 bits per heavy atom. The average molecular weight is 511 g/mol. The lowest BCUT2D eigenvalue weighted by atomic mass is 10.1. The van der Waals surface area contributed by atoms with Crippen LogP contribution in [-0.4, -0.2) is 55.3 Å². The number of hydrogen-bond donors (Lipinski definition) is 0. The fourth-order valence-corrected chi connectivity index (χ4v) is 6.29. The number of hydrogen-bond acceptors (Lipinski definition) is 5. The average Bonchev–Trinajstić information content (AvgIpc) is 3.08. The van der Waals surface area contributed by atoms with Gasteiger partial charge in [-0.15, -0.1) is 0 Å². The molecule has 0 aliphatic carbocycles. The van der Waals surface area contributed by atoms with Crippen LogP contribution in [0.3, 0.4) is 0 Å². The monoisotopic (exact) mass is 511 g/mol. The van der Waals surface area contributed by atoms with Gasteiger partial charge in [0.05, 0.1) is 17.9 Å². The van der Waals surface area contributed by atoms with Crippen LogP contribution in [0.5, 0.6) is 0 Å². The lowest BCUT2D eigenvalue weighted by Crippen LogP contribution is -2.53. The van der Waals surface area contributed by atoms with Crippen LogP contribution in [0.1, 0.15) is 25.6 Å². The molecule has 1 aliphatic heterocycles. The molecule has 8 nitrogen and oxygen atoms in total. The van der Waals surface area contributed by atoms with E-state index in [1.54, 1.807) is 19.9 Å². The second kappa shape index (κ2) is 8.75. The molecule has 1 saturated heterocycles. The molecule has 186 valence electrons. The number of pyridine rings is 2. The molecule has 1 fully saturated rings. The molecule has 0 bridgehead atoms. The van der Waals surface area contributed by atoms with Gasteiger partial charge < -0.3 is 9.46 Å². The van der Waals surface area contributed by atoms with Crippen molar-refractivity contribution in [1.29, 1.82) is 0 Å². The third-order valence-electron chi connectivity index (χ3n) is 6.24. The Kier molecular flexibility index (Phi) is 6.21. The van der Waals surface area contributed by atoms with E-state index in [1.165, 1.54) is 15.7 Å². The van der Waals surface area contributed by atoms with E-state index in [0.717, 1.165) is 22.9 Å². The van der Waals surface area contributed by atoms with Crippen LogP contribution in [0.4, 0.5) is 17.6 Å². The van der Waals surface area contributed by atoms with Crippen LogP contribution in [0, 0.1) is 0 Å². The minimum atomic E-state index is -4.65. The number of alkyl halides is 3. The van der Waals surface area contributed by atoms with Crippen LogP contribution in [-0.2, 0) is 15.5 Å². The normalized spacial score (nSPS) is 14.9. The zero-order chi connectivity index (χ0) is 25.7. The summed E-state index contributed by atoms with van der Waals surface area (Å²) < 4.78 is 68.4. The van der Waals surface area contributed by atoms with Crippen molar-refractivity contribution in [3.05, 3.63) is 59.2 Å². The Morgan fingerprint density at radius 1 is 1.17 bits per heavy atom. The molecule has 35 heavy (non-hydrogen) atoms. The number of likely N-dealkylation sites (tertiary alicyclic amines) is 1. The molecule has 4 heterocycles. The maximum Gasteiger partial charge on any atom is 0.433 e. The van der Waals surface area contributed by atoms with Crippen molar-refractivity contribution >= 4 is 29.5 Å². The fraction of sp³-hybridized carbons (Fsp3) is 0.364. The zero-order valence-corrected chi connectivity index (χ0v) is 19.8. The van der Waals surface area contributed by atoms with E-state index in [1.807, 2.05) is 0 Å². The van der Waals surface area contributed by atoms with Crippen molar-refractivity contribution in [2.45, 2.75) is 26.1 Å². The van der Waals surface area contributed by atoms with Crippen LogP contribution in [0.25, 0.3) is 16.9 Å². The summed E-state index contributed by atoms with van der Waals surface area (Å²) in [4.78, 5) is 34.4. The lowest BCUT2D eigenvalue weighted by Gasteiger charge is -2.39. The maximum absolute atomic E-state index is 13.7. The third-order valence-corrected chi connectivity index (χ3v) is 9.52. The van der Waals surface area contributed by atoms with Crippen LogP contribution in [0.15, 0.2) is 47.8 Å².